The average Bonchev–Trinajstić information content (AvgIpc) is 3.19. The summed E-state index contributed by atoms with van der Waals surface area (Å²) in [5, 5.41) is 0. The predicted octanol–water partition coefficient (Wildman–Crippen LogP) is 4.59. The number of hydrogen-bond acceptors (Lipinski definition) is 4. The number of benzene rings is 3. The Balaban J connectivity index is 1.61. The molecule has 0 saturated carbocycles. The van der Waals surface area contributed by atoms with E-state index in [1.807, 2.05) is 30.3 Å². The Morgan fingerprint density at radius 2 is 1.85 bits per heavy atom. The number of fused-ring (bicyclic) bond motifs is 1. The summed E-state index contributed by atoms with van der Waals surface area (Å²) in [6.45, 7) is -1.02. The number of anilines is 2. The summed E-state index contributed by atoms with van der Waals surface area (Å²) < 4.78 is 58.9. The number of amides is 1. The summed E-state index contributed by atoms with van der Waals surface area (Å²) >= 11 is 0. The molecule has 6 nitrogen and oxygen atoms in total. The van der Waals surface area contributed by atoms with E-state index in [1.165, 1.54) is 31.2 Å². The minimum absolute atomic E-state index is 0.0151. The van der Waals surface area contributed by atoms with Crippen molar-refractivity contribution >= 4 is 27.3 Å². The van der Waals surface area contributed by atoms with Gasteiger partial charge in [0.15, 0.2) is 0 Å². The molecular formula is C24H22F2N2O4S. The lowest BCUT2D eigenvalue weighted by Gasteiger charge is -2.16. The van der Waals surface area contributed by atoms with E-state index in [4.69, 9.17) is 0 Å². The molecule has 1 amide bonds. The van der Waals surface area contributed by atoms with E-state index in [-0.39, 0.29) is 28.7 Å². The van der Waals surface area contributed by atoms with Gasteiger partial charge in [0.05, 0.1) is 4.90 Å². The topological polar surface area (TPSA) is 75.7 Å². The minimum Gasteiger partial charge on any atom is -0.435 e. The van der Waals surface area contributed by atoms with Crippen molar-refractivity contribution in [1.82, 2.24) is 0 Å². The standard InChI is InChI=1S/C24H22F2N2O4S/c1-16(29)28-12-11-18-15-21(8-9-22(18)28)33(30,31)27-20-7-10-23(32-24(25)26)19(14-20)13-17-5-3-2-4-6-17/h2-10,14-15,24,27H,11-13H2,1H3. The maximum Gasteiger partial charge on any atom is 0.387 e. The van der Waals surface area contributed by atoms with E-state index >= 15 is 0 Å². The van der Waals surface area contributed by atoms with Crippen molar-refractivity contribution in [2.24, 2.45) is 0 Å². The van der Waals surface area contributed by atoms with Crippen molar-refractivity contribution in [2.45, 2.75) is 31.3 Å². The number of sulfonamides is 1. The lowest BCUT2D eigenvalue weighted by molar-refractivity contribution is -0.116. The van der Waals surface area contributed by atoms with Gasteiger partial charge in [0, 0.05) is 36.8 Å². The maximum absolute atomic E-state index is 13.0. The molecule has 0 radical (unpaired) electrons. The number of carbonyl (C=O) groups excluding carboxylic acids is 1. The highest BCUT2D eigenvalue weighted by Crippen LogP contribution is 2.32. The van der Waals surface area contributed by atoms with Crippen LogP contribution in [0, 0.1) is 0 Å². The quantitative estimate of drug-likeness (QED) is 0.546. The summed E-state index contributed by atoms with van der Waals surface area (Å²) in [6, 6.07) is 18.0. The van der Waals surface area contributed by atoms with Crippen LogP contribution < -0.4 is 14.4 Å². The molecule has 0 atom stereocenters. The van der Waals surface area contributed by atoms with Crippen molar-refractivity contribution in [3.8, 4) is 5.75 Å². The van der Waals surface area contributed by atoms with Gasteiger partial charge in [-0.05, 0) is 53.9 Å². The first-order valence-corrected chi connectivity index (χ1v) is 11.8. The van der Waals surface area contributed by atoms with Crippen molar-refractivity contribution in [1.29, 1.82) is 0 Å². The molecule has 0 saturated heterocycles. The number of carbonyl (C=O) groups is 1. The zero-order chi connectivity index (χ0) is 23.6. The first-order valence-electron chi connectivity index (χ1n) is 10.3. The second-order valence-corrected chi connectivity index (χ2v) is 9.36. The van der Waals surface area contributed by atoms with Gasteiger partial charge < -0.3 is 9.64 Å². The molecule has 0 bridgehead atoms. The van der Waals surface area contributed by atoms with Crippen molar-refractivity contribution < 1.29 is 26.7 Å². The highest BCUT2D eigenvalue weighted by Gasteiger charge is 2.25. The third kappa shape index (κ3) is 5.14. The SMILES string of the molecule is CC(=O)N1CCc2cc(S(=O)(=O)Nc3ccc(OC(F)F)c(Cc4ccccc4)c3)ccc21. The van der Waals surface area contributed by atoms with Crippen LogP contribution in [0.2, 0.25) is 0 Å². The summed E-state index contributed by atoms with van der Waals surface area (Å²) in [7, 11) is -3.94. The molecule has 3 aromatic carbocycles. The van der Waals surface area contributed by atoms with E-state index in [0.29, 0.717) is 24.2 Å². The normalized spacial score (nSPS) is 13.2. The van der Waals surface area contributed by atoms with Crippen LogP contribution in [0.25, 0.3) is 0 Å². The molecule has 1 heterocycles. The Bertz CT molecular complexity index is 1280. The van der Waals surface area contributed by atoms with Crippen LogP contribution in [0.3, 0.4) is 0 Å². The first-order chi connectivity index (χ1) is 15.7. The zero-order valence-electron chi connectivity index (χ0n) is 17.8. The molecule has 0 spiro atoms. The van der Waals surface area contributed by atoms with Gasteiger partial charge in [-0.1, -0.05) is 30.3 Å². The molecule has 4 rings (SSSR count). The molecule has 172 valence electrons. The summed E-state index contributed by atoms with van der Waals surface area (Å²) in [5.74, 6) is -0.113. The molecule has 0 aromatic heterocycles. The molecule has 0 fully saturated rings. The smallest absolute Gasteiger partial charge is 0.387 e. The number of alkyl halides is 2. The maximum atomic E-state index is 13.0. The number of nitrogens with one attached hydrogen (secondary N) is 1. The second-order valence-electron chi connectivity index (χ2n) is 7.68. The first kappa shape index (κ1) is 22.7. The monoisotopic (exact) mass is 472 g/mol. The third-order valence-corrected chi connectivity index (χ3v) is 6.78. The second kappa shape index (κ2) is 9.19. The fourth-order valence-corrected chi connectivity index (χ4v) is 4.99. The van der Waals surface area contributed by atoms with Gasteiger partial charge in [0.2, 0.25) is 5.91 Å². The summed E-state index contributed by atoms with van der Waals surface area (Å²) in [5.41, 5.74) is 3.00. The predicted molar refractivity (Wildman–Crippen MR) is 121 cm³/mol. The molecular weight excluding hydrogens is 450 g/mol. The lowest BCUT2D eigenvalue weighted by atomic mass is 10.0. The van der Waals surface area contributed by atoms with E-state index in [2.05, 4.69) is 9.46 Å². The summed E-state index contributed by atoms with van der Waals surface area (Å²) in [6.07, 6.45) is 0.858. The van der Waals surface area contributed by atoms with E-state index in [9.17, 15) is 22.0 Å². The number of hydrogen-bond donors (Lipinski definition) is 1. The van der Waals surface area contributed by atoms with Gasteiger partial charge in [0.1, 0.15) is 5.75 Å². The van der Waals surface area contributed by atoms with Crippen LogP contribution in [0.1, 0.15) is 23.6 Å². The molecule has 33 heavy (non-hydrogen) atoms. The van der Waals surface area contributed by atoms with Gasteiger partial charge in [-0.2, -0.15) is 8.78 Å². The van der Waals surface area contributed by atoms with Gasteiger partial charge in [0.25, 0.3) is 10.0 Å². The molecule has 9 heteroatoms. The fourth-order valence-electron chi connectivity index (χ4n) is 3.89. The number of rotatable bonds is 7. The molecule has 1 aliphatic heterocycles. The van der Waals surface area contributed by atoms with Crippen LogP contribution in [-0.2, 0) is 27.7 Å². The Morgan fingerprint density at radius 3 is 2.55 bits per heavy atom. The Hall–Kier alpha value is -3.46. The van der Waals surface area contributed by atoms with Crippen LogP contribution in [0.5, 0.6) is 5.75 Å². The van der Waals surface area contributed by atoms with Crippen molar-refractivity contribution in [3.05, 3.63) is 83.4 Å². The molecule has 0 aliphatic carbocycles. The largest absolute Gasteiger partial charge is 0.435 e. The van der Waals surface area contributed by atoms with Crippen molar-refractivity contribution in [3.63, 3.8) is 0 Å². The Kier molecular flexibility index (Phi) is 6.33. The highest BCUT2D eigenvalue weighted by atomic mass is 32.2. The number of halogens is 2. The highest BCUT2D eigenvalue weighted by molar-refractivity contribution is 7.92. The van der Waals surface area contributed by atoms with Crippen LogP contribution in [0.15, 0.2) is 71.6 Å². The number of ether oxygens (including phenoxy) is 1. The molecule has 0 unspecified atom stereocenters. The van der Waals surface area contributed by atoms with Crippen LogP contribution in [-0.4, -0.2) is 27.5 Å². The van der Waals surface area contributed by atoms with E-state index in [0.717, 1.165) is 11.1 Å². The van der Waals surface area contributed by atoms with Crippen LogP contribution >= 0.6 is 0 Å². The fraction of sp³-hybridized carbons (Fsp3) is 0.208. The molecule has 1 aliphatic rings. The lowest BCUT2D eigenvalue weighted by Crippen LogP contribution is -2.25. The van der Waals surface area contributed by atoms with Gasteiger partial charge >= 0.3 is 6.61 Å². The minimum atomic E-state index is -3.94. The van der Waals surface area contributed by atoms with Gasteiger partial charge in [-0.3, -0.25) is 9.52 Å². The molecule has 3 aromatic rings. The van der Waals surface area contributed by atoms with E-state index < -0.39 is 16.6 Å². The number of nitrogens with zero attached hydrogens (tertiary/aromatic N) is 1. The van der Waals surface area contributed by atoms with Gasteiger partial charge in [-0.15, -0.1) is 0 Å². The van der Waals surface area contributed by atoms with Crippen LogP contribution in [0.4, 0.5) is 20.2 Å². The molecule has 1 N–H and O–H groups in total. The van der Waals surface area contributed by atoms with E-state index in [1.54, 1.807) is 17.0 Å². The van der Waals surface area contributed by atoms with Gasteiger partial charge in [-0.25, -0.2) is 8.42 Å². The third-order valence-electron chi connectivity index (χ3n) is 5.40. The average molecular weight is 473 g/mol. The summed E-state index contributed by atoms with van der Waals surface area (Å²) in [4.78, 5) is 13.4. The van der Waals surface area contributed by atoms with Crippen molar-refractivity contribution in [2.75, 3.05) is 16.2 Å². The zero-order valence-corrected chi connectivity index (χ0v) is 18.6. The Labute approximate surface area is 190 Å². The Morgan fingerprint density at radius 1 is 1.09 bits per heavy atom.